The summed E-state index contributed by atoms with van der Waals surface area (Å²) in [6.45, 7) is 0.226. The third-order valence-corrected chi connectivity index (χ3v) is 7.38. The van der Waals surface area contributed by atoms with Crippen LogP contribution in [0.1, 0.15) is 15.9 Å². The van der Waals surface area contributed by atoms with Gasteiger partial charge in [0.25, 0.3) is 21.6 Å². The van der Waals surface area contributed by atoms with Crippen LogP contribution in [0.25, 0.3) is 11.0 Å². The summed E-state index contributed by atoms with van der Waals surface area (Å²) in [5.74, 6) is 0.0911. The van der Waals surface area contributed by atoms with E-state index in [1.807, 2.05) is 10.8 Å². The number of nitrogens with one attached hydrogen (secondary N) is 3. The predicted octanol–water partition coefficient (Wildman–Crippen LogP) is 5.00. The van der Waals surface area contributed by atoms with Crippen molar-refractivity contribution in [1.29, 1.82) is 0 Å². The molecule has 1 amide bonds. The molecular formula is C28H23N5O7S. The first-order valence-corrected chi connectivity index (χ1v) is 13.6. The largest absolute Gasteiger partial charge is 0.497 e. The quantitative estimate of drug-likeness (QED) is 0.154. The summed E-state index contributed by atoms with van der Waals surface area (Å²) in [6.07, 6.45) is 3.19. The van der Waals surface area contributed by atoms with Crippen LogP contribution in [0.15, 0.2) is 96.2 Å². The van der Waals surface area contributed by atoms with Gasteiger partial charge in [-0.15, -0.1) is 0 Å². The number of amides is 1. The number of hydrogen-bond acceptors (Lipinski definition) is 9. The van der Waals surface area contributed by atoms with Gasteiger partial charge in [0.2, 0.25) is 0 Å². The van der Waals surface area contributed by atoms with Gasteiger partial charge in [0.15, 0.2) is 0 Å². The van der Waals surface area contributed by atoms with Gasteiger partial charge < -0.3 is 19.8 Å². The lowest BCUT2D eigenvalue weighted by molar-refractivity contribution is -0.384. The Morgan fingerprint density at radius 1 is 1.02 bits per heavy atom. The maximum atomic E-state index is 13.1. The highest BCUT2D eigenvalue weighted by Gasteiger charge is 2.25. The minimum Gasteiger partial charge on any atom is -0.497 e. The fraction of sp³-hybridized carbons (Fsp3) is 0.0714. The second kappa shape index (κ2) is 11.4. The molecule has 0 aliphatic carbocycles. The molecule has 41 heavy (non-hydrogen) atoms. The van der Waals surface area contributed by atoms with Crippen LogP contribution in [0.4, 0.5) is 11.4 Å². The molecule has 0 spiro atoms. The number of hydrogen-bond donors (Lipinski definition) is 3. The van der Waals surface area contributed by atoms with Crippen molar-refractivity contribution in [2.45, 2.75) is 11.4 Å². The second-order valence-corrected chi connectivity index (χ2v) is 10.4. The minimum absolute atomic E-state index is 0.0590. The Hall–Kier alpha value is -5.43. The highest BCUT2D eigenvalue weighted by molar-refractivity contribution is 7.90. The number of carbonyl (C=O) groups excluding carboxylic acids is 1. The molecule has 0 bridgehead atoms. The molecule has 0 saturated heterocycles. The number of nitro benzene ring substituents is 1. The highest BCUT2D eigenvalue weighted by atomic mass is 32.2. The van der Waals surface area contributed by atoms with E-state index in [0.29, 0.717) is 17.1 Å². The van der Waals surface area contributed by atoms with Crippen molar-refractivity contribution in [2.75, 3.05) is 12.4 Å². The van der Waals surface area contributed by atoms with Crippen molar-refractivity contribution in [1.82, 2.24) is 14.7 Å². The number of anilines is 1. The summed E-state index contributed by atoms with van der Waals surface area (Å²) < 4.78 is 39.2. The first-order valence-electron chi connectivity index (χ1n) is 12.2. The van der Waals surface area contributed by atoms with Crippen molar-refractivity contribution in [3.8, 4) is 17.2 Å². The number of benzene rings is 3. The average Bonchev–Trinajstić information content (AvgIpc) is 3.44. The topological polar surface area (TPSA) is 166 Å². The maximum Gasteiger partial charge on any atom is 0.293 e. The van der Waals surface area contributed by atoms with Gasteiger partial charge in [-0.2, -0.15) is 0 Å². The number of nitro groups is 1. The number of ether oxygens (including phenoxy) is 2. The molecule has 208 valence electrons. The van der Waals surface area contributed by atoms with E-state index in [4.69, 9.17) is 9.47 Å². The second-order valence-electron chi connectivity index (χ2n) is 8.76. The van der Waals surface area contributed by atoms with Gasteiger partial charge in [0, 0.05) is 24.2 Å². The van der Waals surface area contributed by atoms with Gasteiger partial charge in [-0.05, 0) is 54.1 Å². The van der Waals surface area contributed by atoms with E-state index < -0.39 is 31.4 Å². The normalized spacial score (nSPS) is 11.1. The molecule has 0 aliphatic heterocycles. The van der Waals surface area contributed by atoms with E-state index in [2.05, 4.69) is 15.3 Å². The van der Waals surface area contributed by atoms with Gasteiger partial charge in [-0.1, -0.05) is 24.3 Å². The highest BCUT2D eigenvalue weighted by Crippen LogP contribution is 2.30. The average molecular weight is 574 g/mol. The molecule has 0 atom stereocenters. The Morgan fingerprint density at radius 2 is 1.85 bits per heavy atom. The summed E-state index contributed by atoms with van der Waals surface area (Å²) >= 11 is 0. The lowest BCUT2D eigenvalue weighted by Crippen LogP contribution is -2.30. The number of carbonyl (C=O) groups is 1. The number of aromatic amines is 1. The van der Waals surface area contributed by atoms with E-state index in [0.717, 1.165) is 17.0 Å². The van der Waals surface area contributed by atoms with Crippen LogP contribution >= 0.6 is 0 Å². The fourth-order valence-electron chi connectivity index (χ4n) is 4.04. The van der Waals surface area contributed by atoms with Crippen molar-refractivity contribution < 1.29 is 27.6 Å². The van der Waals surface area contributed by atoms with Crippen LogP contribution < -0.4 is 19.5 Å². The number of rotatable bonds is 10. The predicted molar refractivity (Wildman–Crippen MR) is 151 cm³/mol. The van der Waals surface area contributed by atoms with Gasteiger partial charge in [0.1, 0.15) is 28.6 Å². The van der Waals surface area contributed by atoms with Gasteiger partial charge in [0.05, 0.1) is 28.7 Å². The molecule has 3 aromatic carbocycles. The van der Waals surface area contributed by atoms with Crippen LogP contribution in [0, 0.1) is 10.1 Å². The molecule has 0 saturated carbocycles. The van der Waals surface area contributed by atoms with E-state index in [9.17, 15) is 23.3 Å². The third kappa shape index (κ3) is 6.09. The number of pyridine rings is 1. The first-order chi connectivity index (χ1) is 19.7. The van der Waals surface area contributed by atoms with Crippen LogP contribution in [-0.2, 0) is 16.6 Å². The van der Waals surface area contributed by atoms with Crippen LogP contribution in [0.3, 0.4) is 0 Å². The Bertz CT molecular complexity index is 1870. The summed E-state index contributed by atoms with van der Waals surface area (Å²) in [6, 6.07) is 20.1. The molecule has 0 radical (unpaired) electrons. The summed E-state index contributed by atoms with van der Waals surface area (Å²) in [5, 5.41) is 15.5. The molecule has 5 rings (SSSR count). The molecule has 0 fully saturated rings. The minimum atomic E-state index is -4.49. The Morgan fingerprint density at radius 3 is 2.66 bits per heavy atom. The zero-order valence-corrected chi connectivity index (χ0v) is 22.3. The number of sulfonamides is 1. The monoisotopic (exact) mass is 573 g/mol. The SMILES string of the molecule is COc1cccc(CNc2ccc(S(=O)(=O)NC(=O)c3ccccc3Oc3cnc4[nH]ccc4c3)cc2[N+](=O)[O-])c1. The number of para-hydroxylation sites is 1. The van der Waals surface area contributed by atoms with E-state index in [1.54, 1.807) is 48.7 Å². The van der Waals surface area contributed by atoms with Crippen molar-refractivity contribution in [2.24, 2.45) is 0 Å². The molecule has 2 heterocycles. The van der Waals surface area contributed by atoms with Crippen molar-refractivity contribution in [3.63, 3.8) is 0 Å². The van der Waals surface area contributed by atoms with E-state index in [-0.39, 0.29) is 23.5 Å². The zero-order valence-electron chi connectivity index (χ0n) is 21.5. The standard InChI is InChI=1S/C28H23N5O7S/c1-39-20-6-4-5-18(13-20)16-30-24-10-9-22(15-25(24)33(35)36)41(37,38)32-28(34)23-7-2-3-8-26(23)40-21-14-19-11-12-29-27(19)31-17-21/h2-15,17,30H,16H2,1H3,(H,29,31)(H,32,34). The molecule has 3 N–H and O–H groups in total. The Kier molecular flexibility index (Phi) is 7.52. The summed E-state index contributed by atoms with van der Waals surface area (Å²) in [7, 11) is -2.96. The molecule has 12 nitrogen and oxygen atoms in total. The van der Waals surface area contributed by atoms with Gasteiger partial charge in [-0.3, -0.25) is 14.9 Å². The zero-order chi connectivity index (χ0) is 29.0. The summed E-state index contributed by atoms with van der Waals surface area (Å²) in [5.41, 5.74) is 1.03. The first kappa shape index (κ1) is 27.1. The number of methoxy groups -OCH3 is 1. The number of aromatic nitrogens is 2. The lowest BCUT2D eigenvalue weighted by Gasteiger charge is -2.13. The van der Waals surface area contributed by atoms with E-state index in [1.165, 1.54) is 37.6 Å². The molecular weight excluding hydrogens is 550 g/mol. The Balaban J connectivity index is 1.35. The fourth-order valence-corrected chi connectivity index (χ4v) is 5.03. The Labute approximate surface area is 234 Å². The van der Waals surface area contributed by atoms with Crippen LogP contribution in [0.5, 0.6) is 17.2 Å². The lowest BCUT2D eigenvalue weighted by atomic mass is 10.2. The maximum absolute atomic E-state index is 13.1. The molecule has 0 aliphatic rings. The van der Waals surface area contributed by atoms with Crippen LogP contribution in [-0.4, -0.2) is 36.3 Å². The van der Waals surface area contributed by atoms with Gasteiger partial charge >= 0.3 is 0 Å². The molecule has 13 heteroatoms. The van der Waals surface area contributed by atoms with Crippen molar-refractivity contribution >= 4 is 38.3 Å². The smallest absolute Gasteiger partial charge is 0.293 e. The molecule has 5 aromatic rings. The molecule has 2 aromatic heterocycles. The van der Waals surface area contributed by atoms with Crippen LogP contribution in [0.2, 0.25) is 0 Å². The number of nitrogens with zero attached hydrogens (tertiary/aromatic N) is 2. The number of H-pyrrole nitrogens is 1. The molecule has 0 unspecified atom stereocenters. The van der Waals surface area contributed by atoms with Gasteiger partial charge in [-0.25, -0.2) is 18.1 Å². The third-order valence-electron chi connectivity index (χ3n) is 6.05. The van der Waals surface area contributed by atoms with Crippen molar-refractivity contribution in [3.05, 3.63) is 112 Å². The number of fused-ring (bicyclic) bond motifs is 1. The van der Waals surface area contributed by atoms with E-state index >= 15 is 0 Å². The summed E-state index contributed by atoms with van der Waals surface area (Å²) in [4.78, 5) is 30.9.